The molecule has 9 rings (SSSR count). The Kier molecular flexibility index (Phi) is 5.78. The Hall–Kier alpha value is -5.81. The topological polar surface area (TPSA) is 55.1 Å². The molecule has 2 aliphatic rings. The van der Waals surface area contributed by atoms with Crippen LogP contribution >= 0.6 is 0 Å². The summed E-state index contributed by atoms with van der Waals surface area (Å²) in [5.74, 6) is 2.98. The molecule has 0 spiro atoms. The third-order valence-electron chi connectivity index (χ3n) is 8.97. The Morgan fingerprint density at radius 1 is 0.622 bits per heavy atom. The van der Waals surface area contributed by atoms with Gasteiger partial charge in [-0.1, -0.05) is 103 Å². The fraction of sp³-hybridized carbons (Fsp3) is 0.0750. The van der Waals surface area contributed by atoms with Gasteiger partial charge in [-0.15, -0.1) is 0 Å². The van der Waals surface area contributed by atoms with Crippen LogP contribution in [0.25, 0.3) is 51.2 Å². The second kappa shape index (κ2) is 10.1. The van der Waals surface area contributed by atoms with Crippen LogP contribution in [0.3, 0.4) is 0 Å². The quantitative estimate of drug-likeness (QED) is 0.207. The second-order valence-corrected chi connectivity index (χ2v) is 11.7. The van der Waals surface area contributed by atoms with Gasteiger partial charge in [-0.2, -0.15) is 0 Å². The van der Waals surface area contributed by atoms with Crippen LogP contribution < -0.4 is 4.90 Å². The minimum absolute atomic E-state index is 0.152. The fourth-order valence-corrected chi connectivity index (χ4v) is 7.05. The molecule has 0 saturated heterocycles. The van der Waals surface area contributed by atoms with Crippen LogP contribution in [0.2, 0.25) is 0 Å². The van der Waals surface area contributed by atoms with Crippen molar-refractivity contribution >= 4 is 28.4 Å². The Labute approximate surface area is 261 Å². The Bertz CT molecular complexity index is 2180. The molecule has 1 aliphatic heterocycles. The van der Waals surface area contributed by atoms with Crippen molar-refractivity contribution in [3.63, 3.8) is 0 Å². The molecule has 2 atom stereocenters. The van der Waals surface area contributed by atoms with E-state index in [1.165, 1.54) is 27.9 Å². The van der Waals surface area contributed by atoms with Crippen LogP contribution in [-0.4, -0.2) is 21.0 Å². The molecule has 5 heteroatoms. The van der Waals surface area contributed by atoms with Gasteiger partial charge in [0.1, 0.15) is 11.3 Å². The van der Waals surface area contributed by atoms with Gasteiger partial charge in [0.05, 0.1) is 6.04 Å². The van der Waals surface area contributed by atoms with Gasteiger partial charge in [0.15, 0.2) is 17.5 Å². The normalized spacial score (nSPS) is 16.4. The zero-order valence-electron chi connectivity index (χ0n) is 24.6. The number of benzene rings is 5. The maximum absolute atomic E-state index is 6.65. The summed E-state index contributed by atoms with van der Waals surface area (Å²) in [6, 6.07) is 44.0. The zero-order valence-corrected chi connectivity index (χ0v) is 24.6. The highest BCUT2D eigenvalue weighted by atomic mass is 16.3. The first-order valence-corrected chi connectivity index (χ1v) is 15.3. The van der Waals surface area contributed by atoms with Crippen LogP contribution in [0.15, 0.2) is 138 Å². The second-order valence-electron chi connectivity index (χ2n) is 11.7. The Balaban J connectivity index is 1.21. The Morgan fingerprint density at radius 2 is 1.20 bits per heavy atom. The number of para-hydroxylation sites is 2. The molecule has 45 heavy (non-hydrogen) atoms. The number of fused-ring (bicyclic) bond motifs is 7. The van der Waals surface area contributed by atoms with Crippen molar-refractivity contribution in [2.75, 3.05) is 4.90 Å². The highest BCUT2D eigenvalue weighted by molar-refractivity contribution is 5.94. The van der Waals surface area contributed by atoms with E-state index >= 15 is 0 Å². The zero-order chi connectivity index (χ0) is 29.9. The van der Waals surface area contributed by atoms with Gasteiger partial charge in [0.25, 0.3) is 0 Å². The van der Waals surface area contributed by atoms with E-state index in [0.29, 0.717) is 17.5 Å². The van der Waals surface area contributed by atoms with Crippen molar-refractivity contribution in [3.8, 4) is 34.2 Å². The Morgan fingerprint density at radius 3 is 1.87 bits per heavy atom. The van der Waals surface area contributed by atoms with Crippen LogP contribution in [0.1, 0.15) is 28.4 Å². The van der Waals surface area contributed by atoms with Gasteiger partial charge >= 0.3 is 0 Å². The van der Waals surface area contributed by atoms with Gasteiger partial charge in [-0.3, -0.25) is 0 Å². The molecule has 5 aromatic carbocycles. The summed E-state index contributed by atoms with van der Waals surface area (Å²) in [6.45, 7) is 2.17. The number of furan rings is 1. The van der Waals surface area contributed by atoms with Crippen LogP contribution in [-0.2, 0) is 0 Å². The monoisotopic (exact) mass is 580 g/mol. The predicted molar refractivity (Wildman–Crippen MR) is 180 cm³/mol. The van der Waals surface area contributed by atoms with Crippen molar-refractivity contribution < 1.29 is 4.42 Å². The molecular formula is C40H28N4O. The molecule has 7 aromatic rings. The average Bonchev–Trinajstić information content (AvgIpc) is 3.65. The van der Waals surface area contributed by atoms with Gasteiger partial charge < -0.3 is 9.32 Å². The molecular weight excluding hydrogens is 552 g/mol. The van der Waals surface area contributed by atoms with E-state index < -0.39 is 0 Å². The van der Waals surface area contributed by atoms with E-state index in [1.807, 2.05) is 60.7 Å². The summed E-state index contributed by atoms with van der Waals surface area (Å²) in [4.78, 5) is 17.3. The van der Waals surface area contributed by atoms with E-state index in [9.17, 15) is 0 Å². The molecule has 1 aliphatic carbocycles. The number of aryl methyl sites for hydroxylation is 1. The van der Waals surface area contributed by atoms with Crippen LogP contribution in [0.4, 0.5) is 11.4 Å². The lowest BCUT2D eigenvalue weighted by Gasteiger charge is -2.30. The lowest BCUT2D eigenvalue weighted by atomic mass is 9.82. The molecule has 214 valence electrons. The summed E-state index contributed by atoms with van der Waals surface area (Å²) < 4.78 is 6.65. The molecule has 0 N–H and O–H groups in total. The minimum Gasteiger partial charge on any atom is -0.456 e. The summed E-state index contributed by atoms with van der Waals surface area (Å²) in [6.07, 6.45) is 4.45. The van der Waals surface area contributed by atoms with Gasteiger partial charge in [0.2, 0.25) is 0 Å². The third kappa shape index (κ3) is 4.12. The lowest BCUT2D eigenvalue weighted by Crippen LogP contribution is -2.30. The summed E-state index contributed by atoms with van der Waals surface area (Å²) in [5.41, 5.74) is 9.79. The van der Waals surface area contributed by atoms with Crippen molar-refractivity contribution in [3.05, 3.63) is 156 Å². The number of anilines is 2. The largest absolute Gasteiger partial charge is 0.456 e. The average molecular weight is 581 g/mol. The molecule has 0 fully saturated rings. The van der Waals surface area contributed by atoms with Gasteiger partial charge in [-0.05, 0) is 54.5 Å². The predicted octanol–water partition coefficient (Wildman–Crippen LogP) is 9.61. The molecule has 0 radical (unpaired) electrons. The summed E-state index contributed by atoms with van der Waals surface area (Å²) in [5, 5.41) is 1.17. The molecule has 0 amide bonds. The van der Waals surface area contributed by atoms with E-state index in [4.69, 9.17) is 19.4 Å². The smallest absolute Gasteiger partial charge is 0.164 e. The van der Waals surface area contributed by atoms with E-state index in [1.54, 1.807) is 0 Å². The minimum atomic E-state index is 0.152. The van der Waals surface area contributed by atoms with Gasteiger partial charge in [0, 0.05) is 44.9 Å². The number of aromatic nitrogens is 3. The molecule has 0 saturated carbocycles. The molecule has 5 nitrogen and oxygen atoms in total. The first-order chi connectivity index (χ1) is 22.2. The number of hydrogen-bond acceptors (Lipinski definition) is 5. The first-order valence-electron chi connectivity index (χ1n) is 15.3. The highest BCUT2D eigenvalue weighted by Crippen LogP contribution is 2.54. The highest BCUT2D eigenvalue weighted by Gasteiger charge is 2.43. The number of nitrogens with zero attached hydrogens (tertiary/aromatic N) is 4. The maximum Gasteiger partial charge on any atom is 0.164 e. The molecule has 2 aromatic heterocycles. The maximum atomic E-state index is 6.65. The fourth-order valence-electron chi connectivity index (χ4n) is 7.05. The number of hydrogen-bond donors (Lipinski definition) is 0. The van der Waals surface area contributed by atoms with E-state index in [2.05, 4.69) is 90.7 Å². The summed E-state index contributed by atoms with van der Waals surface area (Å²) in [7, 11) is 0. The van der Waals surface area contributed by atoms with Crippen LogP contribution in [0, 0.1) is 6.92 Å². The SMILES string of the molecule is Cc1cc(-c2nc(-c3ccccc3)nc(-c3ccccc3)n2)cc2oc3c(c12)C1c2ccccc2N(c2ccccc2)C1C=C3. The number of rotatable bonds is 4. The van der Waals surface area contributed by atoms with E-state index in [0.717, 1.165) is 33.6 Å². The van der Waals surface area contributed by atoms with Crippen molar-refractivity contribution in [2.45, 2.75) is 18.9 Å². The third-order valence-corrected chi connectivity index (χ3v) is 8.97. The lowest BCUT2D eigenvalue weighted by molar-refractivity contribution is 0.584. The van der Waals surface area contributed by atoms with Crippen molar-refractivity contribution in [1.29, 1.82) is 0 Å². The molecule has 3 heterocycles. The van der Waals surface area contributed by atoms with Gasteiger partial charge in [-0.25, -0.2) is 15.0 Å². The van der Waals surface area contributed by atoms with Crippen molar-refractivity contribution in [2.24, 2.45) is 0 Å². The van der Waals surface area contributed by atoms with Crippen LogP contribution in [0.5, 0.6) is 0 Å². The molecule has 2 unspecified atom stereocenters. The summed E-state index contributed by atoms with van der Waals surface area (Å²) >= 11 is 0. The van der Waals surface area contributed by atoms with Crippen molar-refractivity contribution in [1.82, 2.24) is 15.0 Å². The standard InChI is InChI=1S/C40H28N4O/c1-25-23-28(40-42-38(26-13-5-2-6-14-26)41-39(43-40)27-15-7-3-8-16-27)24-34-35(25)37-33(45-34)22-21-32-36(37)30-19-11-12-20-31(30)44(32)29-17-9-4-10-18-29/h2-24,32,36H,1H3. The first kappa shape index (κ1) is 25.7. The molecule has 0 bridgehead atoms. The van der Waals surface area contributed by atoms with E-state index in [-0.39, 0.29) is 12.0 Å².